The molecule has 1 unspecified atom stereocenters. The highest BCUT2D eigenvalue weighted by Gasteiger charge is 2.34. The summed E-state index contributed by atoms with van der Waals surface area (Å²) >= 11 is 0. The van der Waals surface area contributed by atoms with Crippen LogP contribution in [0, 0.1) is 5.92 Å². The average molecular weight is 272 g/mol. The predicted molar refractivity (Wildman–Crippen MR) is 73.8 cm³/mol. The summed E-state index contributed by atoms with van der Waals surface area (Å²) in [7, 11) is 2.91. The first-order chi connectivity index (χ1) is 9.67. The fourth-order valence-electron chi connectivity index (χ4n) is 2.20. The second kappa shape index (κ2) is 6.19. The Balaban J connectivity index is 2.25. The Morgan fingerprint density at radius 2 is 1.80 bits per heavy atom. The fourth-order valence-corrected chi connectivity index (χ4v) is 2.20. The molecule has 4 nitrogen and oxygen atoms in total. The van der Waals surface area contributed by atoms with Crippen LogP contribution in [0.1, 0.15) is 5.56 Å². The van der Waals surface area contributed by atoms with Crippen molar-refractivity contribution in [3.8, 4) is 0 Å². The van der Waals surface area contributed by atoms with Crippen molar-refractivity contribution in [2.24, 2.45) is 5.92 Å². The van der Waals surface area contributed by atoms with Gasteiger partial charge in [-0.3, -0.25) is 9.59 Å². The van der Waals surface area contributed by atoms with Crippen LogP contribution in [0.15, 0.2) is 54.0 Å². The van der Waals surface area contributed by atoms with E-state index in [0.717, 1.165) is 5.56 Å². The van der Waals surface area contributed by atoms with Gasteiger partial charge in [0.25, 0.3) is 0 Å². The minimum atomic E-state index is -0.917. The van der Waals surface area contributed by atoms with Crippen molar-refractivity contribution in [3.63, 3.8) is 0 Å². The van der Waals surface area contributed by atoms with Crippen molar-refractivity contribution in [1.82, 2.24) is 0 Å². The maximum atomic E-state index is 12.4. The number of rotatable bonds is 5. The maximum Gasteiger partial charge on any atom is 0.174 e. The smallest absolute Gasteiger partial charge is 0.174 e. The Bertz CT molecular complexity index is 569. The summed E-state index contributed by atoms with van der Waals surface area (Å²) in [5, 5.41) is 0. The lowest BCUT2D eigenvalue weighted by Crippen LogP contribution is -2.30. The lowest BCUT2D eigenvalue weighted by atomic mass is 9.88. The molecule has 0 radical (unpaired) electrons. The zero-order chi connectivity index (χ0) is 14.5. The van der Waals surface area contributed by atoms with Crippen molar-refractivity contribution < 1.29 is 19.1 Å². The van der Waals surface area contributed by atoms with Gasteiger partial charge >= 0.3 is 0 Å². The van der Waals surface area contributed by atoms with E-state index in [4.69, 9.17) is 9.47 Å². The first-order valence-corrected chi connectivity index (χ1v) is 6.28. The van der Waals surface area contributed by atoms with Gasteiger partial charge in [0.2, 0.25) is 0 Å². The molecule has 1 aromatic rings. The summed E-state index contributed by atoms with van der Waals surface area (Å²) in [4.78, 5) is 24.4. The molecule has 0 amide bonds. The highest BCUT2D eigenvalue weighted by Crippen LogP contribution is 2.26. The van der Waals surface area contributed by atoms with Gasteiger partial charge in [-0.15, -0.1) is 0 Å². The lowest BCUT2D eigenvalue weighted by Gasteiger charge is -2.21. The fraction of sp³-hybridized carbons (Fsp3) is 0.250. The molecule has 0 bridgehead atoms. The summed E-state index contributed by atoms with van der Waals surface area (Å²) in [6.07, 6.45) is 3.07. The summed E-state index contributed by atoms with van der Waals surface area (Å²) in [5.41, 5.74) is 0.870. The maximum absolute atomic E-state index is 12.4. The van der Waals surface area contributed by atoms with Crippen molar-refractivity contribution in [3.05, 3.63) is 59.6 Å². The Morgan fingerprint density at radius 1 is 1.10 bits per heavy atom. The van der Waals surface area contributed by atoms with Crippen molar-refractivity contribution >= 4 is 11.6 Å². The van der Waals surface area contributed by atoms with Gasteiger partial charge in [-0.2, -0.15) is 0 Å². The molecule has 0 fully saturated rings. The standard InChI is InChI=1S/C16H16O4/c1-19-14-9-8-12(17)15(16(14)20-2)13(18)10-11-6-4-3-5-7-11/h3-9,15H,10H2,1-2H3. The molecular weight excluding hydrogens is 256 g/mol. The number of hydrogen-bond acceptors (Lipinski definition) is 4. The van der Waals surface area contributed by atoms with E-state index >= 15 is 0 Å². The van der Waals surface area contributed by atoms with Gasteiger partial charge in [0.1, 0.15) is 5.92 Å². The number of Topliss-reactive ketones (excluding diaryl/α,β-unsaturated/α-hetero) is 1. The number of methoxy groups -OCH3 is 2. The van der Waals surface area contributed by atoms with Crippen molar-refractivity contribution in [2.75, 3.05) is 14.2 Å². The van der Waals surface area contributed by atoms with Gasteiger partial charge in [0.15, 0.2) is 23.1 Å². The molecule has 1 aliphatic rings. The Kier molecular flexibility index (Phi) is 4.35. The van der Waals surface area contributed by atoms with E-state index < -0.39 is 5.92 Å². The van der Waals surface area contributed by atoms with Crippen LogP contribution >= 0.6 is 0 Å². The molecule has 1 aliphatic carbocycles. The molecule has 0 aliphatic heterocycles. The first-order valence-electron chi connectivity index (χ1n) is 6.28. The number of ketones is 2. The summed E-state index contributed by atoms with van der Waals surface area (Å²) in [6, 6.07) is 9.31. The van der Waals surface area contributed by atoms with Crippen molar-refractivity contribution in [2.45, 2.75) is 6.42 Å². The molecule has 2 rings (SSSR count). The lowest BCUT2D eigenvalue weighted by molar-refractivity contribution is -0.130. The molecule has 0 N–H and O–H groups in total. The number of benzene rings is 1. The monoisotopic (exact) mass is 272 g/mol. The van der Waals surface area contributed by atoms with E-state index in [1.54, 1.807) is 0 Å². The van der Waals surface area contributed by atoms with E-state index in [1.165, 1.54) is 26.4 Å². The van der Waals surface area contributed by atoms with Gasteiger partial charge in [-0.25, -0.2) is 0 Å². The first kappa shape index (κ1) is 14.1. The Hall–Kier alpha value is -2.36. The highest BCUT2D eigenvalue weighted by atomic mass is 16.5. The van der Waals surface area contributed by atoms with Gasteiger partial charge in [0, 0.05) is 6.42 Å². The van der Waals surface area contributed by atoms with Crippen LogP contribution in [-0.4, -0.2) is 25.8 Å². The Morgan fingerprint density at radius 3 is 2.40 bits per heavy atom. The molecular formula is C16H16O4. The summed E-state index contributed by atoms with van der Waals surface area (Å²) < 4.78 is 10.3. The summed E-state index contributed by atoms with van der Waals surface area (Å²) in [6.45, 7) is 0. The molecule has 0 heterocycles. The largest absolute Gasteiger partial charge is 0.496 e. The van der Waals surface area contributed by atoms with Gasteiger partial charge in [0.05, 0.1) is 14.2 Å². The number of carbonyl (C=O) groups is 2. The quantitative estimate of drug-likeness (QED) is 0.770. The molecule has 20 heavy (non-hydrogen) atoms. The molecule has 0 spiro atoms. The minimum absolute atomic E-state index is 0.189. The van der Waals surface area contributed by atoms with Crippen LogP contribution in [0.3, 0.4) is 0 Å². The van der Waals surface area contributed by atoms with Gasteiger partial charge in [-0.1, -0.05) is 30.3 Å². The predicted octanol–water partition coefficient (Wildman–Crippen LogP) is 2.06. The average Bonchev–Trinajstić information content (AvgIpc) is 2.47. The minimum Gasteiger partial charge on any atom is -0.496 e. The van der Waals surface area contributed by atoms with E-state index in [1.807, 2.05) is 30.3 Å². The zero-order valence-electron chi connectivity index (χ0n) is 11.5. The molecule has 1 atom stereocenters. The topological polar surface area (TPSA) is 52.6 Å². The van der Waals surface area contributed by atoms with Gasteiger partial charge < -0.3 is 9.47 Å². The van der Waals surface area contributed by atoms with Crippen LogP contribution in [0.4, 0.5) is 0 Å². The van der Waals surface area contributed by atoms with E-state index in [0.29, 0.717) is 5.76 Å². The second-order valence-corrected chi connectivity index (χ2v) is 4.43. The molecule has 1 aromatic carbocycles. The zero-order valence-corrected chi connectivity index (χ0v) is 11.5. The number of hydrogen-bond donors (Lipinski definition) is 0. The van der Waals surface area contributed by atoms with Crippen LogP contribution in [0.2, 0.25) is 0 Å². The summed E-state index contributed by atoms with van der Waals surface area (Å²) in [5.74, 6) is -0.694. The third-order valence-corrected chi connectivity index (χ3v) is 3.17. The number of ether oxygens (including phenoxy) is 2. The molecule has 0 saturated heterocycles. The second-order valence-electron chi connectivity index (χ2n) is 4.43. The molecule has 4 heteroatoms. The van der Waals surface area contributed by atoms with Crippen LogP contribution in [-0.2, 0) is 25.5 Å². The molecule has 104 valence electrons. The van der Waals surface area contributed by atoms with E-state index in [9.17, 15) is 9.59 Å². The van der Waals surface area contributed by atoms with Crippen LogP contribution < -0.4 is 0 Å². The third kappa shape index (κ3) is 2.79. The number of allylic oxidation sites excluding steroid dienone is 3. The molecule has 0 saturated carbocycles. The Labute approximate surface area is 117 Å². The van der Waals surface area contributed by atoms with E-state index in [-0.39, 0.29) is 23.7 Å². The van der Waals surface area contributed by atoms with Crippen LogP contribution in [0.5, 0.6) is 0 Å². The number of carbonyl (C=O) groups excluding carboxylic acids is 2. The van der Waals surface area contributed by atoms with E-state index in [2.05, 4.69) is 0 Å². The van der Waals surface area contributed by atoms with Crippen LogP contribution in [0.25, 0.3) is 0 Å². The van der Waals surface area contributed by atoms with Crippen molar-refractivity contribution in [1.29, 1.82) is 0 Å². The highest BCUT2D eigenvalue weighted by molar-refractivity contribution is 6.11. The third-order valence-electron chi connectivity index (χ3n) is 3.17. The van der Waals surface area contributed by atoms with Gasteiger partial charge in [-0.05, 0) is 17.7 Å². The SMILES string of the molecule is COC1=C(OC)C(C(=O)Cc2ccccc2)C(=O)C=C1. The molecule has 0 aromatic heterocycles. The normalized spacial score (nSPS) is 18.1.